The van der Waals surface area contributed by atoms with Crippen LogP contribution in [-0.2, 0) is 9.59 Å². The summed E-state index contributed by atoms with van der Waals surface area (Å²) >= 11 is 6.09. The van der Waals surface area contributed by atoms with Gasteiger partial charge in [0.05, 0.1) is 11.3 Å². The molecule has 2 rings (SSSR count). The number of rotatable bonds is 4. The van der Waals surface area contributed by atoms with E-state index in [0.717, 1.165) is 5.56 Å². The van der Waals surface area contributed by atoms with E-state index in [9.17, 15) is 9.59 Å². The first kappa shape index (κ1) is 17.5. The molecule has 0 unspecified atom stereocenters. The molecule has 0 bridgehead atoms. The third kappa shape index (κ3) is 4.12. The Morgan fingerprint density at radius 3 is 2.58 bits per heavy atom. The summed E-state index contributed by atoms with van der Waals surface area (Å²) < 4.78 is 0. The highest BCUT2D eigenvalue weighted by Crippen LogP contribution is 2.23. The first-order chi connectivity index (χ1) is 11.4. The first-order valence-electron chi connectivity index (χ1n) is 7.25. The smallest absolute Gasteiger partial charge is 0.244 e. The summed E-state index contributed by atoms with van der Waals surface area (Å²) in [5, 5.41) is 12.2. The molecule has 5 nitrogen and oxygen atoms in total. The molecule has 0 fully saturated rings. The molecule has 0 aliphatic rings. The van der Waals surface area contributed by atoms with Crippen molar-refractivity contribution in [2.24, 2.45) is 0 Å². The van der Waals surface area contributed by atoms with Crippen molar-refractivity contribution in [3.63, 3.8) is 0 Å². The Morgan fingerprint density at radius 1 is 1.25 bits per heavy atom. The molecule has 0 saturated carbocycles. The fourth-order valence-electron chi connectivity index (χ4n) is 2.16. The van der Waals surface area contributed by atoms with Crippen LogP contribution >= 0.6 is 11.6 Å². The van der Waals surface area contributed by atoms with E-state index >= 15 is 0 Å². The molecule has 1 N–H and O–H groups in total. The Kier molecular flexibility index (Phi) is 5.56. The van der Waals surface area contributed by atoms with Crippen molar-refractivity contribution < 1.29 is 9.59 Å². The number of carbonyl (C=O) groups is 2. The molecule has 0 saturated heterocycles. The van der Waals surface area contributed by atoms with Gasteiger partial charge in [0.1, 0.15) is 12.6 Å². The van der Waals surface area contributed by atoms with Gasteiger partial charge in [-0.3, -0.25) is 9.59 Å². The normalized spacial score (nSPS) is 9.92. The van der Waals surface area contributed by atoms with Crippen LogP contribution in [0.1, 0.15) is 18.1 Å². The molecule has 6 heteroatoms. The van der Waals surface area contributed by atoms with Crippen molar-refractivity contribution in [2.45, 2.75) is 13.8 Å². The second-order valence-electron chi connectivity index (χ2n) is 5.24. The van der Waals surface area contributed by atoms with Gasteiger partial charge in [-0.05, 0) is 36.8 Å². The maximum atomic E-state index is 12.3. The minimum atomic E-state index is -0.399. The van der Waals surface area contributed by atoms with Crippen LogP contribution in [0.5, 0.6) is 0 Å². The van der Waals surface area contributed by atoms with Crippen LogP contribution in [0.3, 0.4) is 0 Å². The number of hydrogen-bond acceptors (Lipinski definition) is 3. The monoisotopic (exact) mass is 341 g/mol. The van der Waals surface area contributed by atoms with Crippen LogP contribution in [-0.4, -0.2) is 18.4 Å². The van der Waals surface area contributed by atoms with E-state index in [-0.39, 0.29) is 12.5 Å². The molecule has 0 aliphatic heterocycles. The fourth-order valence-corrected chi connectivity index (χ4v) is 2.33. The van der Waals surface area contributed by atoms with Crippen molar-refractivity contribution >= 4 is 34.8 Å². The number of benzene rings is 2. The summed E-state index contributed by atoms with van der Waals surface area (Å²) in [6.07, 6.45) is 0. The van der Waals surface area contributed by atoms with E-state index in [2.05, 4.69) is 5.32 Å². The van der Waals surface area contributed by atoms with E-state index in [4.69, 9.17) is 16.9 Å². The first-order valence-corrected chi connectivity index (χ1v) is 7.63. The number of carbonyl (C=O) groups excluding carboxylic acids is 2. The standard InChI is InChI=1S/C18H16ClN3O2/c1-12-7-8-15(9-16(12)19)22(13(2)23)11-18(24)21-17-6-4-3-5-14(17)10-20/h3-9H,11H2,1-2H3,(H,21,24). The lowest BCUT2D eigenvalue weighted by Crippen LogP contribution is -2.36. The summed E-state index contributed by atoms with van der Waals surface area (Å²) in [4.78, 5) is 25.5. The number of nitrogens with zero attached hydrogens (tertiary/aromatic N) is 2. The van der Waals surface area contributed by atoms with Crippen molar-refractivity contribution in [1.29, 1.82) is 5.26 Å². The predicted octanol–water partition coefficient (Wildman–Crippen LogP) is 3.51. The largest absolute Gasteiger partial charge is 0.323 e. The topological polar surface area (TPSA) is 73.2 Å². The van der Waals surface area contributed by atoms with E-state index in [1.807, 2.05) is 13.0 Å². The van der Waals surface area contributed by atoms with Crippen molar-refractivity contribution in [3.8, 4) is 6.07 Å². The average Bonchev–Trinajstić information content (AvgIpc) is 2.55. The van der Waals surface area contributed by atoms with Gasteiger partial charge in [-0.25, -0.2) is 0 Å². The number of halogens is 1. The fraction of sp³-hybridized carbons (Fsp3) is 0.167. The molecule has 0 heterocycles. The van der Waals surface area contributed by atoms with Crippen LogP contribution in [0.25, 0.3) is 0 Å². The SMILES string of the molecule is CC(=O)N(CC(=O)Nc1ccccc1C#N)c1ccc(C)c(Cl)c1. The molecule has 2 aromatic rings. The Morgan fingerprint density at radius 2 is 1.96 bits per heavy atom. The third-order valence-corrected chi connectivity index (χ3v) is 3.88. The van der Waals surface area contributed by atoms with Gasteiger partial charge in [0.25, 0.3) is 0 Å². The van der Waals surface area contributed by atoms with Gasteiger partial charge in [0.2, 0.25) is 11.8 Å². The summed E-state index contributed by atoms with van der Waals surface area (Å²) in [5.41, 5.74) is 2.20. The third-order valence-electron chi connectivity index (χ3n) is 3.47. The Balaban J connectivity index is 2.19. The Hall–Kier alpha value is -2.84. The highest BCUT2D eigenvalue weighted by atomic mass is 35.5. The van der Waals surface area contributed by atoms with E-state index in [1.165, 1.54) is 11.8 Å². The maximum absolute atomic E-state index is 12.3. The molecular formula is C18H16ClN3O2. The van der Waals surface area contributed by atoms with Crippen molar-refractivity contribution in [2.75, 3.05) is 16.8 Å². The van der Waals surface area contributed by atoms with E-state index in [0.29, 0.717) is 22.0 Å². The number of amides is 2. The Labute approximate surface area is 145 Å². The highest BCUT2D eigenvalue weighted by Gasteiger charge is 2.17. The molecule has 0 radical (unpaired) electrons. The lowest BCUT2D eigenvalue weighted by Gasteiger charge is -2.21. The summed E-state index contributed by atoms with van der Waals surface area (Å²) in [6.45, 7) is 3.06. The molecule has 122 valence electrons. The molecule has 0 atom stereocenters. The van der Waals surface area contributed by atoms with Gasteiger partial charge in [-0.15, -0.1) is 0 Å². The lowest BCUT2D eigenvalue weighted by molar-refractivity contribution is -0.120. The molecule has 0 spiro atoms. The molecule has 2 amide bonds. The second-order valence-corrected chi connectivity index (χ2v) is 5.65. The van der Waals surface area contributed by atoms with Crippen molar-refractivity contribution in [3.05, 3.63) is 58.6 Å². The molecule has 0 aromatic heterocycles. The number of aryl methyl sites for hydroxylation is 1. The van der Waals surface area contributed by atoms with Gasteiger partial charge in [0.15, 0.2) is 0 Å². The number of anilines is 2. The molecule has 24 heavy (non-hydrogen) atoms. The van der Waals surface area contributed by atoms with Gasteiger partial charge in [-0.2, -0.15) is 5.26 Å². The van der Waals surface area contributed by atoms with Crippen molar-refractivity contribution in [1.82, 2.24) is 0 Å². The van der Waals surface area contributed by atoms with Crippen LogP contribution in [0.2, 0.25) is 5.02 Å². The summed E-state index contributed by atoms with van der Waals surface area (Å²) in [5.74, 6) is -0.678. The van der Waals surface area contributed by atoms with Gasteiger partial charge in [-0.1, -0.05) is 29.8 Å². The summed E-state index contributed by atoms with van der Waals surface area (Å²) in [6, 6.07) is 13.9. The molecule has 2 aromatic carbocycles. The van der Waals surface area contributed by atoms with Gasteiger partial charge >= 0.3 is 0 Å². The maximum Gasteiger partial charge on any atom is 0.244 e. The Bertz CT molecular complexity index is 827. The lowest BCUT2D eigenvalue weighted by atomic mass is 10.2. The second kappa shape index (κ2) is 7.62. The average molecular weight is 342 g/mol. The molecule has 0 aliphatic carbocycles. The van der Waals surface area contributed by atoms with Crippen LogP contribution in [0.4, 0.5) is 11.4 Å². The number of nitrogens with one attached hydrogen (secondary N) is 1. The number of hydrogen-bond donors (Lipinski definition) is 1. The van der Waals surface area contributed by atoms with E-state index in [1.54, 1.807) is 42.5 Å². The predicted molar refractivity (Wildman–Crippen MR) is 94.0 cm³/mol. The van der Waals surface area contributed by atoms with Gasteiger partial charge < -0.3 is 10.2 Å². The zero-order valence-corrected chi connectivity index (χ0v) is 14.1. The zero-order valence-electron chi connectivity index (χ0n) is 13.3. The summed E-state index contributed by atoms with van der Waals surface area (Å²) in [7, 11) is 0. The van der Waals surface area contributed by atoms with Crippen LogP contribution in [0, 0.1) is 18.3 Å². The molecular weight excluding hydrogens is 326 g/mol. The minimum Gasteiger partial charge on any atom is -0.323 e. The minimum absolute atomic E-state index is 0.172. The zero-order chi connectivity index (χ0) is 17.7. The van der Waals surface area contributed by atoms with E-state index < -0.39 is 5.91 Å². The van der Waals surface area contributed by atoms with Gasteiger partial charge in [0, 0.05) is 17.6 Å². The highest BCUT2D eigenvalue weighted by molar-refractivity contribution is 6.31. The quantitative estimate of drug-likeness (QED) is 0.924. The number of para-hydroxylation sites is 1. The van der Waals surface area contributed by atoms with Crippen LogP contribution in [0.15, 0.2) is 42.5 Å². The number of nitriles is 1. The van der Waals surface area contributed by atoms with Crippen LogP contribution < -0.4 is 10.2 Å².